The van der Waals surface area contributed by atoms with E-state index in [1.165, 1.54) is 26.9 Å². The van der Waals surface area contributed by atoms with Gasteiger partial charge in [-0.3, -0.25) is 4.98 Å². The van der Waals surface area contributed by atoms with Crippen molar-refractivity contribution in [1.82, 2.24) is 4.98 Å². The molecule has 0 aliphatic rings. The minimum absolute atomic E-state index is 0.624. The van der Waals surface area contributed by atoms with Crippen LogP contribution in [0.4, 0.5) is 0 Å². The van der Waals surface area contributed by atoms with Gasteiger partial charge in [0.1, 0.15) is 0 Å². The fourth-order valence-corrected chi connectivity index (χ4v) is 5.60. The minimum Gasteiger partial charge on any atom is -0.256 e. The highest BCUT2D eigenvalue weighted by atomic mass is 31.1. The van der Waals surface area contributed by atoms with Crippen molar-refractivity contribution in [2.45, 2.75) is 6.92 Å². The number of fused-ring (bicyclic) bond motifs is 1. The number of aromatic nitrogens is 1. The summed E-state index contributed by atoms with van der Waals surface area (Å²) >= 11 is 0. The van der Waals surface area contributed by atoms with Gasteiger partial charge in [0.15, 0.2) is 0 Å². The molecule has 0 atom stereocenters. The van der Waals surface area contributed by atoms with Gasteiger partial charge in [0.05, 0.1) is 5.52 Å². The maximum Gasteiger partial charge on any atom is 0.0785 e. The van der Waals surface area contributed by atoms with Crippen LogP contribution in [0.2, 0.25) is 0 Å². The van der Waals surface area contributed by atoms with Gasteiger partial charge in [-0.25, -0.2) is 0 Å². The van der Waals surface area contributed by atoms with E-state index in [4.69, 9.17) is 4.98 Å². The first-order valence-electron chi connectivity index (χ1n) is 8.08. The Morgan fingerprint density at radius 3 is 1.96 bits per heavy atom. The van der Waals surface area contributed by atoms with Crippen LogP contribution in [-0.4, -0.2) is 4.98 Å². The van der Waals surface area contributed by atoms with Gasteiger partial charge in [0.25, 0.3) is 0 Å². The van der Waals surface area contributed by atoms with Crippen LogP contribution in [0.15, 0.2) is 91.1 Å². The van der Waals surface area contributed by atoms with Crippen LogP contribution in [-0.2, 0) is 0 Å². The number of hydrogen-bond acceptors (Lipinski definition) is 1. The van der Waals surface area contributed by atoms with Gasteiger partial charge < -0.3 is 0 Å². The predicted molar refractivity (Wildman–Crippen MR) is 105 cm³/mol. The summed E-state index contributed by atoms with van der Waals surface area (Å²) in [5, 5.41) is 5.26. The second-order valence-electron chi connectivity index (χ2n) is 5.87. The summed E-state index contributed by atoms with van der Waals surface area (Å²) in [5.41, 5.74) is 2.40. The first-order valence-corrected chi connectivity index (χ1v) is 9.43. The molecule has 1 aromatic heterocycles. The Hall–Kier alpha value is -2.50. The Balaban J connectivity index is 2.02. The largest absolute Gasteiger partial charge is 0.256 e. The van der Waals surface area contributed by atoms with Gasteiger partial charge >= 0.3 is 0 Å². The molecule has 0 saturated heterocycles. The number of nitrogens with zero attached hydrogens (tertiary/aromatic N) is 1. The lowest BCUT2D eigenvalue weighted by atomic mass is 10.1. The summed E-state index contributed by atoms with van der Waals surface area (Å²) in [7, 11) is -0.624. The molecule has 0 spiro atoms. The Bertz CT molecular complexity index is 925. The lowest BCUT2D eigenvalue weighted by Crippen LogP contribution is -2.22. The first kappa shape index (κ1) is 15.1. The van der Waals surface area contributed by atoms with Crippen LogP contribution in [0.25, 0.3) is 10.9 Å². The van der Waals surface area contributed by atoms with E-state index in [-0.39, 0.29) is 0 Å². The van der Waals surface area contributed by atoms with Crippen molar-refractivity contribution in [1.29, 1.82) is 0 Å². The van der Waals surface area contributed by atoms with Crippen LogP contribution >= 0.6 is 7.92 Å². The molecule has 3 aromatic carbocycles. The fourth-order valence-electron chi connectivity index (χ4n) is 3.07. The third-order valence-corrected chi connectivity index (χ3v) is 6.55. The van der Waals surface area contributed by atoms with E-state index in [1.54, 1.807) is 0 Å². The molecule has 4 rings (SSSR count). The van der Waals surface area contributed by atoms with Crippen LogP contribution < -0.4 is 15.9 Å². The van der Waals surface area contributed by atoms with Gasteiger partial charge in [-0.15, -0.1) is 0 Å². The molecule has 0 saturated carbocycles. The predicted octanol–water partition coefficient (Wildman–Crippen LogP) is 4.30. The molecule has 0 fully saturated rings. The maximum absolute atomic E-state index is 4.71. The quantitative estimate of drug-likeness (QED) is 0.511. The van der Waals surface area contributed by atoms with E-state index in [0.29, 0.717) is 0 Å². The van der Waals surface area contributed by atoms with Gasteiger partial charge in [-0.2, -0.15) is 0 Å². The van der Waals surface area contributed by atoms with Crippen molar-refractivity contribution < 1.29 is 0 Å². The summed E-state index contributed by atoms with van der Waals surface area (Å²) in [4.78, 5) is 4.71. The topological polar surface area (TPSA) is 12.9 Å². The zero-order chi connectivity index (χ0) is 16.4. The Kier molecular flexibility index (Phi) is 4.11. The van der Waals surface area contributed by atoms with E-state index >= 15 is 0 Å². The molecule has 1 heterocycles. The van der Waals surface area contributed by atoms with E-state index < -0.39 is 7.92 Å². The van der Waals surface area contributed by atoms with Crippen molar-refractivity contribution in [2.75, 3.05) is 0 Å². The average molecular weight is 327 g/mol. The highest BCUT2D eigenvalue weighted by Crippen LogP contribution is 2.35. The average Bonchev–Trinajstić information content (AvgIpc) is 2.63. The number of rotatable bonds is 3. The van der Waals surface area contributed by atoms with Gasteiger partial charge in [-0.05, 0) is 49.2 Å². The number of aryl methyl sites for hydroxylation is 1. The molecule has 0 N–H and O–H groups in total. The number of hydrogen-bond donors (Lipinski definition) is 0. The molecule has 4 aromatic rings. The standard InChI is InChI=1S/C22H18NP/c1-17-15-18-9-8-14-23-22(18)21(16-17)24(19-10-4-2-5-11-19)20-12-6-3-7-13-20/h2-16H,1H3. The molecule has 0 unspecified atom stereocenters. The van der Waals surface area contributed by atoms with Crippen LogP contribution in [0.5, 0.6) is 0 Å². The summed E-state index contributed by atoms with van der Waals surface area (Å²) < 4.78 is 0. The van der Waals surface area contributed by atoms with Gasteiger partial charge in [0.2, 0.25) is 0 Å². The SMILES string of the molecule is Cc1cc(P(c2ccccc2)c2ccccc2)c2ncccc2c1. The summed E-state index contributed by atoms with van der Waals surface area (Å²) in [6, 6.07) is 30.3. The zero-order valence-electron chi connectivity index (χ0n) is 13.6. The van der Waals surface area contributed by atoms with Crippen molar-refractivity contribution in [3.63, 3.8) is 0 Å². The lowest BCUT2D eigenvalue weighted by molar-refractivity contribution is 1.41. The number of benzene rings is 3. The van der Waals surface area contributed by atoms with E-state index in [0.717, 1.165) is 5.52 Å². The molecule has 0 radical (unpaired) electrons. The monoisotopic (exact) mass is 327 g/mol. The van der Waals surface area contributed by atoms with Crippen molar-refractivity contribution in [3.05, 3.63) is 96.7 Å². The third kappa shape index (κ3) is 2.84. The smallest absolute Gasteiger partial charge is 0.0785 e. The van der Waals surface area contributed by atoms with Crippen LogP contribution in [0.1, 0.15) is 5.56 Å². The Morgan fingerprint density at radius 1 is 0.708 bits per heavy atom. The van der Waals surface area contributed by atoms with Crippen LogP contribution in [0.3, 0.4) is 0 Å². The maximum atomic E-state index is 4.71. The molecule has 1 nitrogen and oxygen atoms in total. The Labute approximate surface area is 143 Å². The molecule has 0 aliphatic heterocycles. The summed E-state index contributed by atoms with van der Waals surface area (Å²) in [5.74, 6) is 0. The molecular formula is C22H18NP. The second-order valence-corrected chi connectivity index (χ2v) is 8.05. The van der Waals surface area contributed by atoms with E-state index in [2.05, 4.69) is 85.8 Å². The van der Waals surface area contributed by atoms with Crippen molar-refractivity contribution in [2.24, 2.45) is 0 Å². The molecule has 116 valence electrons. The highest BCUT2D eigenvalue weighted by Gasteiger charge is 2.19. The normalized spacial score (nSPS) is 11.1. The fraction of sp³-hybridized carbons (Fsp3) is 0.0455. The molecule has 0 amide bonds. The molecule has 2 heteroatoms. The summed E-state index contributed by atoms with van der Waals surface area (Å²) in [6.45, 7) is 2.17. The van der Waals surface area contributed by atoms with Crippen molar-refractivity contribution in [3.8, 4) is 0 Å². The Morgan fingerprint density at radius 2 is 1.33 bits per heavy atom. The third-order valence-electron chi connectivity index (χ3n) is 4.10. The second kappa shape index (κ2) is 6.55. The molecule has 0 aliphatic carbocycles. The first-order chi connectivity index (χ1) is 11.8. The van der Waals surface area contributed by atoms with Gasteiger partial charge in [0, 0.05) is 16.9 Å². The van der Waals surface area contributed by atoms with Gasteiger partial charge in [-0.1, -0.05) is 66.7 Å². The minimum atomic E-state index is -0.624. The highest BCUT2D eigenvalue weighted by molar-refractivity contribution is 7.80. The van der Waals surface area contributed by atoms with Crippen LogP contribution in [0, 0.1) is 6.92 Å². The molecular weight excluding hydrogens is 309 g/mol. The van der Waals surface area contributed by atoms with Crippen molar-refractivity contribution >= 4 is 34.7 Å². The molecule has 0 bridgehead atoms. The van der Waals surface area contributed by atoms with E-state index in [1.807, 2.05) is 12.3 Å². The zero-order valence-corrected chi connectivity index (χ0v) is 14.4. The summed E-state index contributed by atoms with van der Waals surface area (Å²) in [6.07, 6.45) is 1.89. The lowest BCUT2D eigenvalue weighted by Gasteiger charge is -2.21. The van der Waals surface area contributed by atoms with E-state index in [9.17, 15) is 0 Å². The number of pyridine rings is 1. The molecule has 24 heavy (non-hydrogen) atoms.